The number of rotatable bonds is 6. The maximum Gasteiger partial charge on any atom is 0.191 e. The van der Waals surface area contributed by atoms with Gasteiger partial charge in [-0.15, -0.1) is 24.0 Å². The molecule has 6 nitrogen and oxygen atoms in total. The molecule has 0 bridgehead atoms. The zero-order valence-electron chi connectivity index (χ0n) is 16.2. The van der Waals surface area contributed by atoms with Crippen molar-refractivity contribution in [2.24, 2.45) is 12.0 Å². The van der Waals surface area contributed by atoms with Crippen LogP contribution in [0.15, 0.2) is 35.6 Å². The van der Waals surface area contributed by atoms with Gasteiger partial charge in [0.2, 0.25) is 0 Å². The smallest absolute Gasteiger partial charge is 0.191 e. The molecule has 0 aliphatic rings. The summed E-state index contributed by atoms with van der Waals surface area (Å²) in [5.74, 6) is 0.687. The summed E-state index contributed by atoms with van der Waals surface area (Å²) in [4.78, 5) is 4.64. The highest BCUT2D eigenvalue weighted by molar-refractivity contribution is 14.0. The topological polar surface area (TPSA) is 74.5 Å². The second-order valence-corrected chi connectivity index (χ2v) is 6.66. The second-order valence-electron chi connectivity index (χ2n) is 6.66. The van der Waals surface area contributed by atoms with Crippen molar-refractivity contribution < 1.29 is 5.11 Å². The largest absolute Gasteiger partial charge is 0.383 e. The molecule has 2 rings (SSSR count). The first-order chi connectivity index (χ1) is 11.8. The lowest BCUT2D eigenvalue weighted by Crippen LogP contribution is -2.44. The molecule has 1 aromatic heterocycles. The number of aliphatic imine (C=N–C) groups is 1. The van der Waals surface area contributed by atoms with Crippen LogP contribution in [0.1, 0.15) is 36.1 Å². The van der Waals surface area contributed by atoms with E-state index >= 15 is 0 Å². The number of aryl methyl sites for hydroxylation is 3. The standard InChI is InChI=1S/C19H29N5O.HI/c1-6-20-18(21-10-16-8-7-14(2)9-15(16)3)22-13-19(4,25)17-11-23-24(5)12-17;/h7-9,11-12,25H,6,10,13H2,1-5H3,(H2,20,21,22);1H. The Kier molecular flexibility index (Phi) is 8.55. The summed E-state index contributed by atoms with van der Waals surface area (Å²) in [6.45, 7) is 9.68. The summed E-state index contributed by atoms with van der Waals surface area (Å²) in [7, 11) is 1.84. The van der Waals surface area contributed by atoms with Crippen LogP contribution in [-0.2, 0) is 19.2 Å². The normalized spacial score (nSPS) is 13.7. The van der Waals surface area contributed by atoms with Crippen LogP contribution in [0.4, 0.5) is 0 Å². The van der Waals surface area contributed by atoms with Crippen molar-refractivity contribution in [2.75, 3.05) is 13.1 Å². The summed E-state index contributed by atoms with van der Waals surface area (Å²) >= 11 is 0. The maximum absolute atomic E-state index is 10.7. The Morgan fingerprint density at radius 1 is 1.31 bits per heavy atom. The van der Waals surface area contributed by atoms with Gasteiger partial charge in [-0.05, 0) is 38.8 Å². The van der Waals surface area contributed by atoms with Crippen molar-refractivity contribution in [1.82, 2.24) is 20.4 Å². The molecule has 0 fully saturated rings. The predicted molar refractivity (Wildman–Crippen MR) is 117 cm³/mol. The Morgan fingerprint density at radius 2 is 2.04 bits per heavy atom. The van der Waals surface area contributed by atoms with Crippen molar-refractivity contribution in [3.8, 4) is 0 Å². The maximum atomic E-state index is 10.7. The number of benzene rings is 1. The molecular weight excluding hydrogens is 441 g/mol. The molecule has 0 amide bonds. The molecule has 0 aliphatic carbocycles. The molecule has 1 heterocycles. The average molecular weight is 471 g/mol. The van der Waals surface area contributed by atoms with Crippen LogP contribution < -0.4 is 10.6 Å². The van der Waals surface area contributed by atoms with E-state index in [4.69, 9.17) is 0 Å². The summed E-state index contributed by atoms with van der Waals surface area (Å²) < 4.78 is 1.68. The van der Waals surface area contributed by atoms with Crippen LogP contribution in [0, 0.1) is 13.8 Å². The number of halogens is 1. The average Bonchev–Trinajstić information content (AvgIpc) is 2.99. The lowest BCUT2D eigenvalue weighted by atomic mass is 10.00. The zero-order valence-corrected chi connectivity index (χ0v) is 18.5. The van der Waals surface area contributed by atoms with Crippen LogP contribution in [0.5, 0.6) is 0 Å². The molecule has 26 heavy (non-hydrogen) atoms. The highest BCUT2D eigenvalue weighted by atomic mass is 127. The molecule has 0 aliphatic heterocycles. The molecule has 0 radical (unpaired) electrons. The SMILES string of the molecule is CCNC(=NCc1ccc(C)cc1C)NCC(C)(O)c1cnn(C)c1.I. The fourth-order valence-electron chi connectivity index (χ4n) is 2.59. The first kappa shape index (κ1) is 22.4. The van der Waals surface area contributed by atoms with E-state index in [2.05, 4.69) is 52.8 Å². The van der Waals surface area contributed by atoms with Gasteiger partial charge in [-0.2, -0.15) is 5.10 Å². The Bertz CT molecular complexity index is 739. The molecule has 144 valence electrons. The van der Waals surface area contributed by atoms with Gasteiger partial charge in [0.15, 0.2) is 5.96 Å². The quantitative estimate of drug-likeness (QED) is 0.344. The molecule has 0 spiro atoms. The predicted octanol–water partition coefficient (Wildman–Crippen LogP) is 2.62. The van der Waals surface area contributed by atoms with E-state index in [1.54, 1.807) is 17.8 Å². The van der Waals surface area contributed by atoms with Crippen LogP contribution in [-0.4, -0.2) is 33.9 Å². The minimum atomic E-state index is -1.02. The number of nitrogens with one attached hydrogen (secondary N) is 2. The number of hydrogen-bond acceptors (Lipinski definition) is 3. The van der Waals surface area contributed by atoms with Crippen LogP contribution >= 0.6 is 24.0 Å². The Labute approximate surface area is 173 Å². The van der Waals surface area contributed by atoms with Crippen LogP contribution in [0.3, 0.4) is 0 Å². The third kappa shape index (κ3) is 6.28. The number of aliphatic hydroxyl groups is 1. The molecule has 0 saturated heterocycles. The van der Waals surface area contributed by atoms with Gasteiger partial charge in [-0.3, -0.25) is 4.68 Å². The first-order valence-electron chi connectivity index (χ1n) is 8.61. The van der Waals surface area contributed by atoms with Gasteiger partial charge in [0, 0.05) is 25.4 Å². The number of guanidine groups is 1. The van der Waals surface area contributed by atoms with Crippen molar-refractivity contribution in [3.05, 3.63) is 52.8 Å². The summed E-state index contributed by atoms with van der Waals surface area (Å²) in [6.07, 6.45) is 3.50. The van der Waals surface area contributed by atoms with Crippen LogP contribution in [0.25, 0.3) is 0 Å². The van der Waals surface area contributed by atoms with E-state index in [0.29, 0.717) is 19.0 Å². The third-order valence-corrected chi connectivity index (χ3v) is 4.18. The van der Waals surface area contributed by atoms with Gasteiger partial charge in [0.1, 0.15) is 5.60 Å². The summed E-state index contributed by atoms with van der Waals surface area (Å²) in [5, 5.41) is 21.2. The number of aromatic nitrogens is 2. The number of nitrogens with zero attached hydrogens (tertiary/aromatic N) is 3. The Hall–Kier alpha value is -1.61. The minimum Gasteiger partial charge on any atom is -0.383 e. The molecule has 1 aromatic carbocycles. The lowest BCUT2D eigenvalue weighted by Gasteiger charge is -2.23. The van der Waals surface area contributed by atoms with Gasteiger partial charge in [0.05, 0.1) is 19.3 Å². The highest BCUT2D eigenvalue weighted by Gasteiger charge is 2.24. The monoisotopic (exact) mass is 471 g/mol. The summed E-state index contributed by atoms with van der Waals surface area (Å²) in [6, 6.07) is 6.38. The van der Waals surface area contributed by atoms with Crippen molar-refractivity contribution in [2.45, 2.75) is 39.8 Å². The van der Waals surface area contributed by atoms with Crippen molar-refractivity contribution >= 4 is 29.9 Å². The lowest BCUT2D eigenvalue weighted by molar-refractivity contribution is 0.0616. The second kappa shape index (κ2) is 9.91. The van der Waals surface area contributed by atoms with Crippen molar-refractivity contribution in [3.63, 3.8) is 0 Å². The van der Waals surface area contributed by atoms with E-state index < -0.39 is 5.60 Å². The fourth-order valence-corrected chi connectivity index (χ4v) is 2.59. The zero-order chi connectivity index (χ0) is 18.4. The summed E-state index contributed by atoms with van der Waals surface area (Å²) in [5.41, 5.74) is 3.43. The Balaban J connectivity index is 0.00000338. The van der Waals surface area contributed by atoms with Gasteiger partial charge >= 0.3 is 0 Å². The van der Waals surface area contributed by atoms with E-state index in [-0.39, 0.29) is 24.0 Å². The molecule has 1 atom stereocenters. The van der Waals surface area contributed by atoms with Crippen LogP contribution in [0.2, 0.25) is 0 Å². The molecule has 1 unspecified atom stereocenters. The number of hydrogen-bond donors (Lipinski definition) is 3. The van der Waals surface area contributed by atoms with E-state index in [1.807, 2.05) is 20.2 Å². The van der Waals surface area contributed by atoms with Crippen molar-refractivity contribution in [1.29, 1.82) is 0 Å². The van der Waals surface area contributed by atoms with E-state index in [0.717, 1.165) is 12.1 Å². The first-order valence-corrected chi connectivity index (χ1v) is 8.61. The molecular formula is C19H30IN5O. The van der Waals surface area contributed by atoms with Gasteiger partial charge in [-0.25, -0.2) is 4.99 Å². The van der Waals surface area contributed by atoms with E-state index in [9.17, 15) is 5.11 Å². The van der Waals surface area contributed by atoms with Gasteiger partial charge in [0.25, 0.3) is 0 Å². The minimum absolute atomic E-state index is 0. The Morgan fingerprint density at radius 3 is 2.62 bits per heavy atom. The van der Waals surface area contributed by atoms with Gasteiger partial charge < -0.3 is 15.7 Å². The molecule has 7 heteroatoms. The molecule has 3 N–H and O–H groups in total. The van der Waals surface area contributed by atoms with Gasteiger partial charge in [-0.1, -0.05) is 23.8 Å². The third-order valence-electron chi connectivity index (χ3n) is 4.18. The fraction of sp³-hybridized carbons (Fsp3) is 0.474. The van der Waals surface area contributed by atoms with E-state index in [1.165, 1.54) is 16.7 Å². The molecule has 0 saturated carbocycles. The highest BCUT2D eigenvalue weighted by Crippen LogP contribution is 2.18. The molecule has 2 aromatic rings.